The van der Waals surface area contributed by atoms with Gasteiger partial charge in [0.2, 0.25) is 0 Å². The molecule has 6 nitrogen and oxygen atoms in total. The van der Waals surface area contributed by atoms with Gasteiger partial charge in [-0.3, -0.25) is 4.79 Å². The number of nitrogens with one attached hydrogen (secondary N) is 2. The monoisotopic (exact) mass is 292 g/mol. The number of anilines is 1. The second-order valence-electron chi connectivity index (χ2n) is 5.31. The summed E-state index contributed by atoms with van der Waals surface area (Å²) in [6.07, 6.45) is 4.45. The summed E-state index contributed by atoms with van der Waals surface area (Å²) < 4.78 is 5.56. The third-order valence-electron chi connectivity index (χ3n) is 3.42. The molecule has 1 atom stereocenters. The van der Waals surface area contributed by atoms with E-state index in [-0.39, 0.29) is 12.0 Å². The van der Waals surface area contributed by atoms with Gasteiger partial charge in [0, 0.05) is 25.8 Å². The molecule has 1 fully saturated rings. The minimum atomic E-state index is -0.144. The summed E-state index contributed by atoms with van der Waals surface area (Å²) in [6.45, 7) is 6.11. The van der Waals surface area contributed by atoms with Crippen molar-refractivity contribution in [3.63, 3.8) is 0 Å². The quantitative estimate of drug-likeness (QED) is 0.751. The molecule has 0 spiro atoms. The Hall–Kier alpha value is -1.69. The van der Waals surface area contributed by atoms with Gasteiger partial charge in [0.15, 0.2) is 0 Å². The summed E-state index contributed by atoms with van der Waals surface area (Å²) in [6, 6.07) is 1.70. The third kappa shape index (κ3) is 4.97. The van der Waals surface area contributed by atoms with Crippen molar-refractivity contribution in [2.75, 3.05) is 25.0 Å². The summed E-state index contributed by atoms with van der Waals surface area (Å²) in [4.78, 5) is 20.5. The lowest BCUT2D eigenvalue weighted by atomic mass is 10.2. The summed E-state index contributed by atoms with van der Waals surface area (Å²) in [7, 11) is 0. The van der Waals surface area contributed by atoms with Crippen molar-refractivity contribution in [1.82, 2.24) is 15.3 Å². The van der Waals surface area contributed by atoms with Crippen molar-refractivity contribution in [2.45, 2.75) is 45.6 Å². The molecule has 1 saturated heterocycles. The maximum absolute atomic E-state index is 12.0. The number of nitrogens with zero attached hydrogens (tertiary/aromatic N) is 2. The fraction of sp³-hybridized carbons (Fsp3) is 0.667. The maximum Gasteiger partial charge on any atom is 0.270 e. The number of rotatable bonds is 7. The fourth-order valence-corrected chi connectivity index (χ4v) is 2.27. The van der Waals surface area contributed by atoms with Crippen LogP contribution in [0.1, 0.15) is 48.9 Å². The third-order valence-corrected chi connectivity index (χ3v) is 3.42. The molecule has 1 aliphatic heterocycles. The van der Waals surface area contributed by atoms with Crippen molar-refractivity contribution in [3.05, 3.63) is 17.6 Å². The number of hydrogen-bond donors (Lipinski definition) is 2. The molecule has 1 unspecified atom stereocenters. The van der Waals surface area contributed by atoms with Crippen LogP contribution in [0.3, 0.4) is 0 Å². The van der Waals surface area contributed by atoms with Crippen LogP contribution < -0.4 is 10.6 Å². The highest BCUT2D eigenvalue weighted by Gasteiger charge is 2.16. The fourth-order valence-electron chi connectivity index (χ4n) is 2.27. The smallest absolute Gasteiger partial charge is 0.270 e. The van der Waals surface area contributed by atoms with Crippen LogP contribution in [-0.4, -0.2) is 41.7 Å². The molecule has 0 radical (unpaired) electrons. The zero-order valence-corrected chi connectivity index (χ0v) is 12.8. The predicted molar refractivity (Wildman–Crippen MR) is 81.5 cm³/mol. The number of amides is 1. The van der Waals surface area contributed by atoms with E-state index in [1.165, 1.54) is 0 Å². The number of carbonyl (C=O) groups is 1. The van der Waals surface area contributed by atoms with Crippen molar-refractivity contribution in [3.8, 4) is 0 Å². The van der Waals surface area contributed by atoms with Gasteiger partial charge in [-0.1, -0.05) is 13.3 Å². The van der Waals surface area contributed by atoms with E-state index in [0.29, 0.717) is 30.4 Å². The number of carbonyl (C=O) groups excluding carboxylic acids is 1. The summed E-state index contributed by atoms with van der Waals surface area (Å²) >= 11 is 0. The number of ether oxygens (including phenoxy) is 1. The normalized spacial score (nSPS) is 17.7. The van der Waals surface area contributed by atoms with Crippen LogP contribution in [0.4, 0.5) is 5.82 Å². The lowest BCUT2D eigenvalue weighted by Crippen LogP contribution is -2.26. The molecule has 0 aliphatic carbocycles. The first-order valence-electron chi connectivity index (χ1n) is 7.68. The minimum Gasteiger partial charge on any atom is -0.376 e. The Labute approximate surface area is 125 Å². The summed E-state index contributed by atoms with van der Waals surface area (Å²) in [5, 5.41) is 6.10. The molecule has 2 rings (SSSR count). The number of hydrogen-bond acceptors (Lipinski definition) is 5. The molecule has 1 aromatic rings. The summed E-state index contributed by atoms with van der Waals surface area (Å²) in [5.41, 5.74) is 0.411. The highest BCUT2D eigenvalue weighted by molar-refractivity contribution is 5.92. The minimum absolute atomic E-state index is 0.144. The molecule has 1 aromatic heterocycles. The van der Waals surface area contributed by atoms with Gasteiger partial charge < -0.3 is 15.4 Å². The first-order chi connectivity index (χ1) is 10.2. The maximum atomic E-state index is 12.0. The molecule has 0 bridgehead atoms. The van der Waals surface area contributed by atoms with Gasteiger partial charge in [-0.25, -0.2) is 9.97 Å². The lowest BCUT2D eigenvalue weighted by molar-refractivity contribution is 0.0948. The Bertz CT molecular complexity index is 473. The van der Waals surface area contributed by atoms with Crippen molar-refractivity contribution >= 4 is 11.7 Å². The van der Waals surface area contributed by atoms with Gasteiger partial charge in [0.1, 0.15) is 17.3 Å². The van der Waals surface area contributed by atoms with E-state index in [1.807, 2.05) is 0 Å². The van der Waals surface area contributed by atoms with Crippen molar-refractivity contribution in [2.24, 2.45) is 0 Å². The average Bonchev–Trinajstić information content (AvgIpc) is 2.98. The van der Waals surface area contributed by atoms with Crippen LogP contribution in [0.25, 0.3) is 0 Å². The zero-order valence-electron chi connectivity index (χ0n) is 12.8. The SMILES string of the molecule is CCCCNC(=O)c1cc(NCC2CCCO2)nc(C)n1. The zero-order chi connectivity index (χ0) is 15.1. The van der Waals surface area contributed by atoms with Crippen LogP contribution in [0.5, 0.6) is 0 Å². The lowest BCUT2D eigenvalue weighted by Gasteiger charge is -2.12. The van der Waals surface area contributed by atoms with E-state index in [4.69, 9.17) is 4.74 Å². The number of aromatic nitrogens is 2. The van der Waals surface area contributed by atoms with Gasteiger partial charge in [-0.15, -0.1) is 0 Å². The van der Waals surface area contributed by atoms with E-state index in [1.54, 1.807) is 13.0 Å². The van der Waals surface area contributed by atoms with Crippen LogP contribution in [0.2, 0.25) is 0 Å². The first kappa shape index (κ1) is 15.7. The average molecular weight is 292 g/mol. The Morgan fingerprint density at radius 1 is 1.48 bits per heavy atom. The summed E-state index contributed by atoms with van der Waals surface area (Å²) in [5.74, 6) is 1.13. The molecular formula is C15H24N4O2. The standard InChI is InChI=1S/C15H24N4O2/c1-3-4-7-16-15(20)13-9-14(19-11(2)18-13)17-10-12-6-5-8-21-12/h9,12H,3-8,10H2,1-2H3,(H,16,20)(H,17,18,19). The molecule has 2 heterocycles. The van der Waals surface area contributed by atoms with Crippen LogP contribution >= 0.6 is 0 Å². The molecule has 0 aromatic carbocycles. The molecule has 2 N–H and O–H groups in total. The van der Waals surface area contributed by atoms with E-state index < -0.39 is 0 Å². The van der Waals surface area contributed by atoms with E-state index in [9.17, 15) is 4.79 Å². The van der Waals surface area contributed by atoms with Gasteiger partial charge in [-0.05, 0) is 26.2 Å². The molecule has 21 heavy (non-hydrogen) atoms. The second kappa shape index (κ2) is 7.93. The predicted octanol–water partition coefficient (Wildman–Crippen LogP) is 1.91. The van der Waals surface area contributed by atoms with E-state index >= 15 is 0 Å². The van der Waals surface area contributed by atoms with Crippen molar-refractivity contribution in [1.29, 1.82) is 0 Å². The first-order valence-corrected chi connectivity index (χ1v) is 7.68. The van der Waals surface area contributed by atoms with Gasteiger partial charge in [0.05, 0.1) is 6.10 Å². The Morgan fingerprint density at radius 3 is 3.05 bits per heavy atom. The van der Waals surface area contributed by atoms with E-state index in [2.05, 4.69) is 27.5 Å². The highest BCUT2D eigenvalue weighted by atomic mass is 16.5. The highest BCUT2D eigenvalue weighted by Crippen LogP contribution is 2.13. The Balaban J connectivity index is 1.93. The van der Waals surface area contributed by atoms with Crippen molar-refractivity contribution < 1.29 is 9.53 Å². The van der Waals surface area contributed by atoms with Crippen LogP contribution in [0.15, 0.2) is 6.07 Å². The van der Waals surface area contributed by atoms with Crippen LogP contribution in [0, 0.1) is 6.92 Å². The van der Waals surface area contributed by atoms with E-state index in [0.717, 1.165) is 32.3 Å². The largest absolute Gasteiger partial charge is 0.376 e. The molecule has 1 amide bonds. The Morgan fingerprint density at radius 2 is 2.33 bits per heavy atom. The number of unbranched alkanes of at least 4 members (excludes halogenated alkanes) is 1. The molecule has 0 saturated carbocycles. The topological polar surface area (TPSA) is 76.1 Å². The molecule has 6 heteroatoms. The van der Waals surface area contributed by atoms with Gasteiger partial charge in [0.25, 0.3) is 5.91 Å². The molecule has 1 aliphatic rings. The van der Waals surface area contributed by atoms with Crippen LogP contribution in [-0.2, 0) is 4.74 Å². The molecule has 116 valence electrons. The molecular weight excluding hydrogens is 268 g/mol. The second-order valence-corrected chi connectivity index (χ2v) is 5.31. The van der Waals surface area contributed by atoms with Gasteiger partial charge >= 0.3 is 0 Å². The number of aryl methyl sites for hydroxylation is 1. The van der Waals surface area contributed by atoms with Gasteiger partial charge in [-0.2, -0.15) is 0 Å². The Kier molecular flexibility index (Phi) is 5.92.